The van der Waals surface area contributed by atoms with Crippen LogP contribution in [0.5, 0.6) is 5.75 Å². The van der Waals surface area contributed by atoms with Crippen LogP contribution in [0.1, 0.15) is 63.0 Å². The molecule has 2 aromatic rings. The summed E-state index contributed by atoms with van der Waals surface area (Å²) in [5.41, 5.74) is 0.591. The highest BCUT2D eigenvalue weighted by atomic mass is 16.3. The molecule has 5 nitrogen and oxygen atoms in total. The molecule has 1 saturated heterocycles. The van der Waals surface area contributed by atoms with Gasteiger partial charge in [-0.3, -0.25) is 4.79 Å². The van der Waals surface area contributed by atoms with Gasteiger partial charge in [-0.05, 0) is 81.2 Å². The Bertz CT molecular complexity index is 903. The van der Waals surface area contributed by atoms with Crippen molar-refractivity contribution in [3.63, 3.8) is 0 Å². The van der Waals surface area contributed by atoms with Crippen molar-refractivity contribution < 1.29 is 15.0 Å². The van der Waals surface area contributed by atoms with Crippen LogP contribution in [0.4, 0.5) is 0 Å². The maximum Gasteiger partial charge on any atom is 0.259 e. The van der Waals surface area contributed by atoms with Crippen molar-refractivity contribution in [2.45, 2.75) is 69.9 Å². The third kappa shape index (κ3) is 5.64. The number of carbonyl (C=O) groups is 1. The molecule has 1 heterocycles. The van der Waals surface area contributed by atoms with Crippen LogP contribution in [0.2, 0.25) is 0 Å². The van der Waals surface area contributed by atoms with E-state index in [1.807, 2.05) is 47.4 Å². The van der Waals surface area contributed by atoms with Crippen molar-refractivity contribution >= 4 is 5.91 Å². The SMILES string of the molecule is CC(NCCCc1ccc(O)cc1)C1CCN(C(=O)C(O)(c2ccccc2)C2CCCC2)CC1. The highest BCUT2D eigenvalue weighted by Gasteiger charge is 2.48. The number of aliphatic hydroxyl groups is 1. The second kappa shape index (κ2) is 11.4. The number of nitrogens with zero attached hydrogens (tertiary/aromatic N) is 1. The van der Waals surface area contributed by atoms with E-state index in [4.69, 9.17) is 0 Å². The summed E-state index contributed by atoms with van der Waals surface area (Å²) in [6, 6.07) is 17.4. The fourth-order valence-corrected chi connectivity index (χ4v) is 5.86. The third-order valence-electron chi connectivity index (χ3n) is 8.06. The van der Waals surface area contributed by atoms with Gasteiger partial charge in [0.05, 0.1) is 0 Å². The highest BCUT2D eigenvalue weighted by Crippen LogP contribution is 2.42. The lowest BCUT2D eigenvalue weighted by atomic mass is 9.78. The van der Waals surface area contributed by atoms with Crippen LogP contribution in [0.15, 0.2) is 54.6 Å². The highest BCUT2D eigenvalue weighted by molar-refractivity contribution is 5.87. The molecule has 1 amide bonds. The number of rotatable bonds is 9. The first-order chi connectivity index (χ1) is 16.5. The van der Waals surface area contributed by atoms with E-state index in [0.29, 0.717) is 30.8 Å². The van der Waals surface area contributed by atoms with E-state index >= 15 is 0 Å². The Morgan fingerprint density at radius 2 is 1.68 bits per heavy atom. The van der Waals surface area contributed by atoms with Crippen LogP contribution in [-0.2, 0) is 16.8 Å². The van der Waals surface area contributed by atoms with Gasteiger partial charge in [-0.1, -0.05) is 55.3 Å². The fraction of sp³-hybridized carbons (Fsp3) is 0.552. The van der Waals surface area contributed by atoms with Crippen molar-refractivity contribution in [1.82, 2.24) is 10.2 Å². The van der Waals surface area contributed by atoms with E-state index in [0.717, 1.165) is 63.5 Å². The second-order valence-corrected chi connectivity index (χ2v) is 10.3. The van der Waals surface area contributed by atoms with Crippen LogP contribution in [0.25, 0.3) is 0 Å². The molecule has 5 heteroatoms. The zero-order valence-electron chi connectivity index (χ0n) is 20.5. The van der Waals surface area contributed by atoms with E-state index in [1.165, 1.54) is 5.56 Å². The average Bonchev–Trinajstić information content (AvgIpc) is 3.43. The summed E-state index contributed by atoms with van der Waals surface area (Å²) >= 11 is 0. The summed E-state index contributed by atoms with van der Waals surface area (Å²) in [6.45, 7) is 4.63. The molecule has 3 N–H and O–H groups in total. The Hall–Kier alpha value is -2.37. The minimum absolute atomic E-state index is 0.00861. The maximum absolute atomic E-state index is 13.7. The number of benzene rings is 2. The van der Waals surface area contributed by atoms with Crippen molar-refractivity contribution in [2.75, 3.05) is 19.6 Å². The molecule has 0 radical (unpaired) electrons. The van der Waals surface area contributed by atoms with Crippen molar-refractivity contribution in [2.24, 2.45) is 11.8 Å². The van der Waals surface area contributed by atoms with Crippen LogP contribution >= 0.6 is 0 Å². The van der Waals surface area contributed by atoms with Gasteiger partial charge in [-0.15, -0.1) is 0 Å². The number of phenols is 1. The van der Waals surface area contributed by atoms with Crippen LogP contribution in [0.3, 0.4) is 0 Å². The molecular formula is C29H40N2O3. The van der Waals surface area contributed by atoms with E-state index in [2.05, 4.69) is 12.2 Å². The van der Waals surface area contributed by atoms with Gasteiger partial charge in [0.1, 0.15) is 5.75 Å². The Labute approximate surface area is 204 Å². The Balaban J connectivity index is 1.28. The lowest BCUT2D eigenvalue weighted by Gasteiger charge is -2.41. The van der Waals surface area contributed by atoms with Crippen molar-refractivity contribution in [3.8, 4) is 5.75 Å². The molecule has 2 unspecified atom stereocenters. The topological polar surface area (TPSA) is 72.8 Å². The summed E-state index contributed by atoms with van der Waals surface area (Å²) in [6.07, 6.45) is 7.98. The summed E-state index contributed by atoms with van der Waals surface area (Å²) in [7, 11) is 0. The molecule has 34 heavy (non-hydrogen) atoms. The number of nitrogens with one attached hydrogen (secondary N) is 1. The number of carbonyl (C=O) groups excluding carboxylic acids is 1. The van der Waals surface area contributed by atoms with E-state index in [9.17, 15) is 15.0 Å². The summed E-state index contributed by atoms with van der Waals surface area (Å²) in [5.74, 6) is 0.757. The van der Waals surface area contributed by atoms with Crippen LogP contribution in [-0.4, -0.2) is 46.7 Å². The molecule has 1 aliphatic carbocycles. The van der Waals surface area contributed by atoms with Gasteiger partial charge < -0.3 is 20.4 Å². The van der Waals surface area contributed by atoms with Crippen LogP contribution in [0, 0.1) is 11.8 Å². The predicted octanol–water partition coefficient (Wildman–Crippen LogP) is 4.62. The number of phenolic OH excluding ortho intramolecular Hbond substituents is 1. The fourth-order valence-electron chi connectivity index (χ4n) is 5.86. The third-order valence-corrected chi connectivity index (χ3v) is 8.06. The monoisotopic (exact) mass is 464 g/mol. The van der Waals surface area contributed by atoms with Gasteiger partial charge in [0.2, 0.25) is 0 Å². The molecule has 2 atom stereocenters. The standard InChI is InChI=1S/C29H40N2O3/c1-22(30-19-7-8-23-13-15-27(32)16-14-23)24-17-20-31(21-18-24)28(33)29(34,26-11-5-6-12-26)25-9-3-2-4-10-25/h2-4,9-10,13-16,22,24,26,30,32,34H,5-8,11-12,17-21H2,1H3. The minimum atomic E-state index is -1.40. The predicted molar refractivity (Wildman–Crippen MR) is 135 cm³/mol. The molecule has 2 aliphatic rings. The molecule has 0 aromatic heterocycles. The second-order valence-electron chi connectivity index (χ2n) is 10.3. The number of likely N-dealkylation sites (tertiary alicyclic amines) is 1. The first kappa shape index (κ1) is 24.7. The molecule has 0 spiro atoms. The van der Waals surface area contributed by atoms with Gasteiger partial charge in [-0.25, -0.2) is 0 Å². The zero-order valence-corrected chi connectivity index (χ0v) is 20.5. The molecule has 2 fully saturated rings. The average molecular weight is 465 g/mol. The lowest BCUT2D eigenvalue weighted by Crippen LogP contribution is -2.54. The quantitative estimate of drug-likeness (QED) is 0.474. The number of amides is 1. The Morgan fingerprint density at radius 1 is 1.03 bits per heavy atom. The molecule has 1 aliphatic heterocycles. The summed E-state index contributed by atoms with van der Waals surface area (Å²) in [5, 5.41) is 24.9. The lowest BCUT2D eigenvalue weighted by molar-refractivity contribution is -0.161. The normalized spacial score (nSPS) is 20.2. The first-order valence-corrected chi connectivity index (χ1v) is 13.1. The van der Waals surface area contributed by atoms with Crippen LogP contribution < -0.4 is 5.32 Å². The smallest absolute Gasteiger partial charge is 0.259 e. The van der Waals surface area contributed by atoms with Crippen molar-refractivity contribution in [1.29, 1.82) is 0 Å². The van der Waals surface area contributed by atoms with E-state index in [1.54, 1.807) is 12.1 Å². The summed E-state index contributed by atoms with van der Waals surface area (Å²) < 4.78 is 0. The molecule has 4 rings (SSSR count). The number of hydrogen-bond acceptors (Lipinski definition) is 4. The van der Waals surface area contributed by atoms with E-state index < -0.39 is 5.60 Å². The molecule has 2 aromatic carbocycles. The largest absolute Gasteiger partial charge is 0.508 e. The van der Waals surface area contributed by atoms with E-state index in [-0.39, 0.29) is 11.8 Å². The van der Waals surface area contributed by atoms with Crippen molar-refractivity contribution in [3.05, 3.63) is 65.7 Å². The van der Waals surface area contributed by atoms with Gasteiger partial charge >= 0.3 is 0 Å². The maximum atomic E-state index is 13.7. The van der Waals surface area contributed by atoms with Gasteiger partial charge in [0, 0.05) is 25.0 Å². The molecule has 1 saturated carbocycles. The summed E-state index contributed by atoms with van der Waals surface area (Å²) in [4.78, 5) is 15.6. The minimum Gasteiger partial charge on any atom is -0.508 e. The van der Waals surface area contributed by atoms with Gasteiger partial charge in [-0.2, -0.15) is 0 Å². The zero-order chi connectivity index (χ0) is 24.0. The number of hydrogen-bond donors (Lipinski definition) is 3. The number of piperidine rings is 1. The molecular weight excluding hydrogens is 424 g/mol. The number of aryl methyl sites for hydroxylation is 1. The van der Waals surface area contributed by atoms with Gasteiger partial charge in [0.15, 0.2) is 5.60 Å². The van der Waals surface area contributed by atoms with Gasteiger partial charge in [0.25, 0.3) is 5.91 Å². The molecule has 184 valence electrons. The Kier molecular flexibility index (Phi) is 8.28. The molecule has 0 bridgehead atoms. The Morgan fingerprint density at radius 3 is 2.32 bits per heavy atom. The number of aromatic hydroxyl groups is 1. The first-order valence-electron chi connectivity index (χ1n) is 13.1.